The summed E-state index contributed by atoms with van der Waals surface area (Å²) in [6, 6.07) is 7.15. The topological polar surface area (TPSA) is 77.0 Å². The molecule has 1 aromatic carbocycles. The first kappa shape index (κ1) is 18.8. The quantitative estimate of drug-likeness (QED) is 0.621. The lowest BCUT2D eigenvalue weighted by molar-refractivity contribution is -0.115. The number of amides is 1. The second kappa shape index (κ2) is 8.57. The normalized spacial score (nSPS) is 10.9. The Hall–Kier alpha value is -2.03. The van der Waals surface area contributed by atoms with Gasteiger partial charge in [-0.3, -0.25) is 4.79 Å². The van der Waals surface area contributed by atoms with Crippen LogP contribution in [0, 0.1) is 0 Å². The number of carbonyl (C=O) groups excluding carboxylic acids is 1. The molecule has 0 unspecified atom stereocenters. The molecule has 0 spiro atoms. The first-order valence-corrected chi connectivity index (χ1v) is 10.0. The van der Waals surface area contributed by atoms with E-state index in [2.05, 4.69) is 20.5 Å². The van der Waals surface area contributed by atoms with Crippen molar-refractivity contribution >= 4 is 45.3 Å². The molecule has 0 saturated carbocycles. The number of carbonyl (C=O) groups is 1. The molecule has 1 N–H and O–H groups in total. The fourth-order valence-corrected chi connectivity index (χ4v) is 3.61. The molecule has 0 aliphatic heterocycles. The number of aromatic nitrogens is 3. The highest BCUT2D eigenvalue weighted by molar-refractivity contribution is 7.15. The molecule has 1 amide bonds. The highest BCUT2D eigenvalue weighted by atomic mass is 35.5. The summed E-state index contributed by atoms with van der Waals surface area (Å²) >= 11 is 8.70. The van der Waals surface area contributed by atoms with E-state index < -0.39 is 0 Å². The van der Waals surface area contributed by atoms with Crippen molar-refractivity contribution in [2.45, 2.75) is 32.8 Å². The van der Waals surface area contributed by atoms with Gasteiger partial charge in [0.15, 0.2) is 0 Å². The van der Waals surface area contributed by atoms with E-state index in [1.165, 1.54) is 22.7 Å². The third-order valence-corrected chi connectivity index (χ3v) is 5.56. The van der Waals surface area contributed by atoms with Gasteiger partial charge in [-0.2, -0.15) is 0 Å². The number of ether oxygens (including phenoxy) is 1. The number of rotatable bonds is 7. The van der Waals surface area contributed by atoms with Crippen molar-refractivity contribution in [1.82, 2.24) is 15.2 Å². The average molecular weight is 409 g/mol. The molecule has 6 nitrogen and oxygen atoms in total. The third-order valence-electron chi connectivity index (χ3n) is 3.30. The zero-order valence-corrected chi connectivity index (χ0v) is 16.6. The molecule has 3 aromatic rings. The third kappa shape index (κ3) is 5.23. The molecule has 0 fully saturated rings. The van der Waals surface area contributed by atoms with Gasteiger partial charge in [-0.05, 0) is 24.3 Å². The number of halogens is 1. The van der Waals surface area contributed by atoms with E-state index in [1.54, 1.807) is 24.3 Å². The van der Waals surface area contributed by atoms with E-state index in [1.807, 2.05) is 19.2 Å². The summed E-state index contributed by atoms with van der Waals surface area (Å²) in [5.74, 6) is 0.855. The maximum Gasteiger partial charge on any atom is 0.232 e. The summed E-state index contributed by atoms with van der Waals surface area (Å²) in [5, 5.41) is 15.5. The summed E-state index contributed by atoms with van der Waals surface area (Å²) in [7, 11) is 0. The largest absolute Gasteiger partial charge is 0.486 e. The minimum Gasteiger partial charge on any atom is -0.486 e. The molecule has 3 rings (SSSR count). The Balaban J connectivity index is 1.50. The van der Waals surface area contributed by atoms with Gasteiger partial charge in [0.1, 0.15) is 22.4 Å². The van der Waals surface area contributed by atoms with Crippen molar-refractivity contribution < 1.29 is 9.53 Å². The van der Waals surface area contributed by atoms with Gasteiger partial charge < -0.3 is 10.1 Å². The van der Waals surface area contributed by atoms with Crippen molar-refractivity contribution in [3.05, 3.63) is 50.4 Å². The zero-order chi connectivity index (χ0) is 18.5. The molecule has 136 valence electrons. The van der Waals surface area contributed by atoms with Crippen LogP contribution >= 0.6 is 34.3 Å². The minimum atomic E-state index is -0.160. The SMILES string of the molecule is CC(C)c1nnc(NC(=O)Cc2csc(COc3ccc(Cl)cc3)n2)s1. The molecular formula is C17H17ClN4O2S2. The first-order valence-electron chi connectivity index (χ1n) is 7.94. The zero-order valence-electron chi connectivity index (χ0n) is 14.2. The summed E-state index contributed by atoms with van der Waals surface area (Å²) < 4.78 is 5.66. The van der Waals surface area contributed by atoms with E-state index in [0.717, 1.165) is 15.8 Å². The predicted molar refractivity (Wildman–Crippen MR) is 104 cm³/mol. The van der Waals surface area contributed by atoms with Gasteiger partial charge >= 0.3 is 0 Å². The summed E-state index contributed by atoms with van der Waals surface area (Å²) in [6.07, 6.45) is 0.189. The summed E-state index contributed by atoms with van der Waals surface area (Å²) in [4.78, 5) is 16.6. The number of hydrogen-bond acceptors (Lipinski definition) is 7. The van der Waals surface area contributed by atoms with E-state index in [-0.39, 0.29) is 12.3 Å². The van der Waals surface area contributed by atoms with Crippen LogP contribution in [0.25, 0.3) is 0 Å². The monoisotopic (exact) mass is 408 g/mol. The predicted octanol–water partition coefficient (Wildman–Crippen LogP) is 4.53. The van der Waals surface area contributed by atoms with Crippen molar-refractivity contribution in [3.63, 3.8) is 0 Å². The number of thiazole rings is 1. The molecule has 0 bridgehead atoms. The lowest BCUT2D eigenvalue weighted by atomic mass is 10.2. The van der Waals surface area contributed by atoms with E-state index >= 15 is 0 Å². The molecule has 0 atom stereocenters. The standard InChI is InChI=1S/C17H17ClN4O2S2/c1-10(2)16-21-22-17(26-16)20-14(23)7-12-9-25-15(19-12)8-24-13-5-3-11(18)4-6-13/h3-6,9-10H,7-8H2,1-2H3,(H,20,22,23). The molecule has 0 aliphatic carbocycles. The Labute approximate surface area is 164 Å². The Kier molecular flexibility index (Phi) is 6.18. The van der Waals surface area contributed by atoms with Gasteiger partial charge in [-0.1, -0.05) is 36.8 Å². The average Bonchev–Trinajstić information content (AvgIpc) is 3.24. The number of anilines is 1. The van der Waals surface area contributed by atoms with Crippen LogP contribution in [0.1, 0.15) is 35.5 Å². The van der Waals surface area contributed by atoms with E-state index in [4.69, 9.17) is 16.3 Å². The molecule has 2 aromatic heterocycles. The summed E-state index contributed by atoms with van der Waals surface area (Å²) in [5.41, 5.74) is 0.704. The fraction of sp³-hybridized carbons (Fsp3) is 0.294. The molecule has 0 saturated heterocycles. The highest BCUT2D eigenvalue weighted by Crippen LogP contribution is 2.23. The van der Waals surface area contributed by atoms with E-state index in [9.17, 15) is 4.79 Å². The van der Waals surface area contributed by atoms with Crippen molar-refractivity contribution in [1.29, 1.82) is 0 Å². The second-order valence-corrected chi connectivity index (χ2v) is 8.19. The smallest absolute Gasteiger partial charge is 0.232 e. The molecule has 2 heterocycles. The van der Waals surface area contributed by atoms with Crippen LogP contribution in [0.4, 0.5) is 5.13 Å². The molecule has 0 aliphatic rings. The van der Waals surface area contributed by atoms with Crippen LogP contribution in [-0.2, 0) is 17.8 Å². The van der Waals surface area contributed by atoms with E-state index in [0.29, 0.717) is 28.4 Å². The number of hydrogen-bond donors (Lipinski definition) is 1. The van der Waals surface area contributed by atoms with Crippen LogP contribution < -0.4 is 10.1 Å². The molecule has 26 heavy (non-hydrogen) atoms. The van der Waals surface area contributed by atoms with Crippen LogP contribution in [0.5, 0.6) is 5.75 Å². The Morgan fingerprint density at radius 3 is 2.73 bits per heavy atom. The number of nitrogens with one attached hydrogen (secondary N) is 1. The molecule has 0 radical (unpaired) electrons. The van der Waals surface area contributed by atoms with Gasteiger partial charge in [0.2, 0.25) is 11.0 Å². The van der Waals surface area contributed by atoms with Crippen molar-refractivity contribution in [2.75, 3.05) is 5.32 Å². The van der Waals surface area contributed by atoms with Crippen LogP contribution in [0.15, 0.2) is 29.6 Å². The van der Waals surface area contributed by atoms with Crippen molar-refractivity contribution in [2.24, 2.45) is 0 Å². The number of nitrogens with zero attached hydrogens (tertiary/aromatic N) is 3. The van der Waals surface area contributed by atoms with Gasteiger partial charge in [0, 0.05) is 16.3 Å². The maximum atomic E-state index is 12.1. The van der Waals surface area contributed by atoms with Gasteiger partial charge in [0.25, 0.3) is 0 Å². The van der Waals surface area contributed by atoms with Gasteiger partial charge in [-0.25, -0.2) is 4.98 Å². The Morgan fingerprint density at radius 2 is 2.04 bits per heavy atom. The lowest BCUT2D eigenvalue weighted by Gasteiger charge is -2.03. The molecule has 9 heteroatoms. The second-order valence-electron chi connectivity index (χ2n) is 5.80. The Morgan fingerprint density at radius 1 is 1.27 bits per heavy atom. The first-order chi connectivity index (χ1) is 12.5. The van der Waals surface area contributed by atoms with Crippen LogP contribution in [0.3, 0.4) is 0 Å². The molecular weight excluding hydrogens is 392 g/mol. The Bertz CT molecular complexity index is 877. The van der Waals surface area contributed by atoms with Crippen LogP contribution in [-0.4, -0.2) is 21.1 Å². The van der Waals surface area contributed by atoms with Crippen LogP contribution in [0.2, 0.25) is 5.02 Å². The highest BCUT2D eigenvalue weighted by Gasteiger charge is 2.12. The maximum absolute atomic E-state index is 12.1. The van der Waals surface area contributed by atoms with Gasteiger partial charge in [-0.15, -0.1) is 21.5 Å². The lowest BCUT2D eigenvalue weighted by Crippen LogP contribution is -2.14. The fourth-order valence-electron chi connectivity index (χ4n) is 2.02. The summed E-state index contributed by atoms with van der Waals surface area (Å²) in [6.45, 7) is 4.42. The minimum absolute atomic E-state index is 0.160. The van der Waals surface area contributed by atoms with Crippen molar-refractivity contribution in [3.8, 4) is 5.75 Å². The number of benzene rings is 1. The van der Waals surface area contributed by atoms with Gasteiger partial charge in [0.05, 0.1) is 12.1 Å².